The van der Waals surface area contributed by atoms with Crippen molar-refractivity contribution < 1.29 is 9.53 Å². The molecule has 1 amide bonds. The second kappa shape index (κ2) is 6.77. The smallest absolute Gasteiger partial charge is 0.223 e. The number of ether oxygens (including phenoxy) is 1. The van der Waals surface area contributed by atoms with E-state index in [-0.39, 0.29) is 11.8 Å². The minimum Gasteiger partial charge on any atom is -0.379 e. The van der Waals surface area contributed by atoms with Crippen LogP contribution >= 0.6 is 0 Å². The van der Waals surface area contributed by atoms with Gasteiger partial charge in [-0.15, -0.1) is 12.3 Å². The minimum absolute atomic E-state index is 0.136. The van der Waals surface area contributed by atoms with E-state index >= 15 is 0 Å². The summed E-state index contributed by atoms with van der Waals surface area (Å²) < 4.78 is 5.31. The predicted octanol–water partition coefficient (Wildman–Crippen LogP) is 0.580. The number of likely N-dealkylation sites (tertiary alicyclic amines) is 1. The van der Waals surface area contributed by atoms with Gasteiger partial charge in [0.05, 0.1) is 13.2 Å². The molecular formula is C14H22N2O2. The molecule has 2 aliphatic heterocycles. The van der Waals surface area contributed by atoms with Crippen molar-refractivity contribution in [2.45, 2.75) is 19.3 Å². The Morgan fingerprint density at radius 1 is 1.28 bits per heavy atom. The maximum atomic E-state index is 11.6. The summed E-state index contributed by atoms with van der Waals surface area (Å²) in [5, 5.41) is 0. The molecule has 0 saturated carbocycles. The van der Waals surface area contributed by atoms with Gasteiger partial charge in [-0.3, -0.25) is 9.69 Å². The number of nitrogens with zero attached hydrogens (tertiary/aromatic N) is 2. The average Bonchev–Trinajstić information content (AvgIpc) is 2.77. The van der Waals surface area contributed by atoms with Gasteiger partial charge in [-0.2, -0.15) is 0 Å². The molecule has 0 aromatic carbocycles. The van der Waals surface area contributed by atoms with E-state index in [0.717, 1.165) is 58.8 Å². The Morgan fingerprint density at radius 3 is 2.67 bits per heavy atom. The third-order valence-electron chi connectivity index (χ3n) is 3.71. The normalized spacial score (nSPS) is 25.4. The molecule has 2 heterocycles. The number of hydrogen-bond donors (Lipinski definition) is 0. The molecule has 2 saturated heterocycles. The SMILES string of the molecule is C#CC1CC(=O)N(CCCCN2CCOCC2)C1. The Morgan fingerprint density at radius 2 is 2.00 bits per heavy atom. The molecule has 0 bridgehead atoms. The molecule has 4 nitrogen and oxygen atoms in total. The lowest BCUT2D eigenvalue weighted by atomic mass is 10.1. The maximum absolute atomic E-state index is 11.6. The minimum atomic E-state index is 0.136. The van der Waals surface area contributed by atoms with Crippen LogP contribution in [0.2, 0.25) is 0 Å². The molecule has 0 radical (unpaired) electrons. The van der Waals surface area contributed by atoms with Gasteiger partial charge >= 0.3 is 0 Å². The zero-order valence-electron chi connectivity index (χ0n) is 10.9. The van der Waals surface area contributed by atoms with Gasteiger partial charge in [0.2, 0.25) is 5.91 Å². The van der Waals surface area contributed by atoms with Crippen molar-refractivity contribution in [2.75, 3.05) is 45.9 Å². The topological polar surface area (TPSA) is 32.8 Å². The highest BCUT2D eigenvalue weighted by atomic mass is 16.5. The van der Waals surface area contributed by atoms with Crippen molar-refractivity contribution in [1.82, 2.24) is 9.80 Å². The monoisotopic (exact) mass is 250 g/mol. The second-order valence-corrected chi connectivity index (χ2v) is 5.07. The second-order valence-electron chi connectivity index (χ2n) is 5.07. The number of carbonyl (C=O) groups excluding carboxylic acids is 1. The van der Waals surface area contributed by atoms with Crippen molar-refractivity contribution in [3.8, 4) is 12.3 Å². The molecule has 2 fully saturated rings. The van der Waals surface area contributed by atoms with Gasteiger partial charge in [-0.1, -0.05) is 0 Å². The van der Waals surface area contributed by atoms with Crippen molar-refractivity contribution in [3.63, 3.8) is 0 Å². The molecule has 2 rings (SSSR count). The van der Waals surface area contributed by atoms with Gasteiger partial charge in [0.15, 0.2) is 0 Å². The van der Waals surface area contributed by atoms with E-state index in [1.807, 2.05) is 4.90 Å². The standard InChI is InChI=1S/C14H22N2O2/c1-2-13-11-14(17)16(12-13)6-4-3-5-15-7-9-18-10-8-15/h1,13H,3-12H2. The van der Waals surface area contributed by atoms with E-state index in [9.17, 15) is 4.79 Å². The highest BCUT2D eigenvalue weighted by Crippen LogP contribution is 2.17. The third-order valence-corrected chi connectivity index (χ3v) is 3.71. The highest BCUT2D eigenvalue weighted by molar-refractivity contribution is 5.79. The number of hydrogen-bond acceptors (Lipinski definition) is 3. The van der Waals surface area contributed by atoms with E-state index < -0.39 is 0 Å². The van der Waals surface area contributed by atoms with Crippen LogP contribution in [0.25, 0.3) is 0 Å². The van der Waals surface area contributed by atoms with Crippen LogP contribution in [0.4, 0.5) is 0 Å². The summed E-state index contributed by atoms with van der Waals surface area (Å²) >= 11 is 0. The summed E-state index contributed by atoms with van der Waals surface area (Å²) in [6, 6.07) is 0. The van der Waals surface area contributed by atoms with Crippen molar-refractivity contribution in [2.24, 2.45) is 5.92 Å². The van der Waals surface area contributed by atoms with E-state index in [1.54, 1.807) is 0 Å². The summed E-state index contributed by atoms with van der Waals surface area (Å²) in [6.07, 6.45) is 8.12. The Hall–Kier alpha value is -1.05. The fourth-order valence-corrected chi connectivity index (χ4v) is 2.56. The van der Waals surface area contributed by atoms with E-state index in [1.165, 1.54) is 0 Å². The maximum Gasteiger partial charge on any atom is 0.223 e. The molecule has 0 aromatic rings. The number of carbonyl (C=O) groups is 1. The van der Waals surface area contributed by atoms with Crippen LogP contribution in [0.15, 0.2) is 0 Å². The lowest BCUT2D eigenvalue weighted by Gasteiger charge is -2.26. The van der Waals surface area contributed by atoms with Gasteiger partial charge in [0.25, 0.3) is 0 Å². The molecule has 0 N–H and O–H groups in total. The van der Waals surface area contributed by atoms with Gasteiger partial charge in [0.1, 0.15) is 0 Å². The Kier molecular flexibility index (Phi) is 5.03. The number of morpholine rings is 1. The Bertz CT molecular complexity index is 318. The fourth-order valence-electron chi connectivity index (χ4n) is 2.56. The van der Waals surface area contributed by atoms with Crippen molar-refractivity contribution >= 4 is 5.91 Å². The number of terminal acetylenes is 1. The van der Waals surface area contributed by atoms with Crippen molar-refractivity contribution in [3.05, 3.63) is 0 Å². The van der Waals surface area contributed by atoms with Gasteiger partial charge in [-0.25, -0.2) is 0 Å². The van der Waals surface area contributed by atoms with Crippen LogP contribution in [0.3, 0.4) is 0 Å². The summed E-state index contributed by atoms with van der Waals surface area (Å²) in [7, 11) is 0. The predicted molar refractivity (Wildman–Crippen MR) is 70.0 cm³/mol. The van der Waals surface area contributed by atoms with Crippen LogP contribution < -0.4 is 0 Å². The Balaban J connectivity index is 1.58. The molecule has 1 atom stereocenters. The Labute approximate surface area is 109 Å². The fraction of sp³-hybridized carbons (Fsp3) is 0.786. The zero-order valence-corrected chi connectivity index (χ0v) is 10.9. The van der Waals surface area contributed by atoms with Gasteiger partial charge in [-0.05, 0) is 19.4 Å². The summed E-state index contributed by atoms with van der Waals surface area (Å²) in [6.45, 7) is 6.53. The third kappa shape index (κ3) is 3.72. The summed E-state index contributed by atoms with van der Waals surface area (Å²) in [4.78, 5) is 16.0. The van der Waals surface area contributed by atoms with E-state index in [2.05, 4.69) is 10.8 Å². The van der Waals surface area contributed by atoms with Crippen LogP contribution in [-0.2, 0) is 9.53 Å². The zero-order chi connectivity index (χ0) is 12.8. The number of unbranched alkanes of at least 4 members (excludes halogenated alkanes) is 1. The van der Waals surface area contributed by atoms with Crippen LogP contribution in [0.5, 0.6) is 0 Å². The number of amides is 1. The molecule has 4 heteroatoms. The molecular weight excluding hydrogens is 228 g/mol. The van der Waals surface area contributed by atoms with Gasteiger partial charge in [0, 0.05) is 38.5 Å². The molecule has 1 unspecified atom stereocenters. The average molecular weight is 250 g/mol. The molecule has 100 valence electrons. The number of rotatable bonds is 5. The molecule has 0 aromatic heterocycles. The molecule has 0 spiro atoms. The van der Waals surface area contributed by atoms with Crippen LogP contribution in [0, 0.1) is 18.3 Å². The van der Waals surface area contributed by atoms with E-state index in [0.29, 0.717) is 6.42 Å². The lowest BCUT2D eigenvalue weighted by Crippen LogP contribution is -2.37. The van der Waals surface area contributed by atoms with Crippen molar-refractivity contribution in [1.29, 1.82) is 0 Å². The van der Waals surface area contributed by atoms with Crippen LogP contribution in [-0.4, -0.2) is 61.6 Å². The highest BCUT2D eigenvalue weighted by Gasteiger charge is 2.27. The lowest BCUT2D eigenvalue weighted by molar-refractivity contribution is -0.127. The quantitative estimate of drug-likeness (QED) is 0.528. The summed E-state index contributed by atoms with van der Waals surface area (Å²) in [5.41, 5.74) is 0. The first kappa shape index (κ1) is 13.4. The van der Waals surface area contributed by atoms with E-state index in [4.69, 9.17) is 11.2 Å². The molecule has 0 aliphatic carbocycles. The molecule has 18 heavy (non-hydrogen) atoms. The first-order valence-corrected chi connectivity index (χ1v) is 6.83. The van der Waals surface area contributed by atoms with Gasteiger partial charge < -0.3 is 9.64 Å². The molecule has 2 aliphatic rings. The first-order valence-electron chi connectivity index (χ1n) is 6.83. The van der Waals surface area contributed by atoms with Crippen LogP contribution in [0.1, 0.15) is 19.3 Å². The largest absolute Gasteiger partial charge is 0.379 e. The first-order chi connectivity index (χ1) is 8.79. The summed E-state index contributed by atoms with van der Waals surface area (Å²) in [5.74, 6) is 3.04.